The normalized spacial score (nSPS) is 12.4. The van der Waals surface area contributed by atoms with Gasteiger partial charge >= 0.3 is 0 Å². The average molecular weight is 247 g/mol. The lowest BCUT2D eigenvalue weighted by atomic mass is 10.1. The van der Waals surface area contributed by atoms with E-state index in [1.165, 1.54) is 9.75 Å². The van der Waals surface area contributed by atoms with Gasteiger partial charge in [0.05, 0.1) is 12.6 Å². The fraction of sp³-hybridized carbons (Fsp3) is 0.286. The third-order valence-electron chi connectivity index (χ3n) is 2.62. The maximum atomic E-state index is 6.22. The van der Waals surface area contributed by atoms with Crippen LogP contribution in [0.2, 0.25) is 0 Å². The molecule has 0 spiro atoms. The minimum absolute atomic E-state index is 0.0376. The minimum atomic E-state index is -0.0376. The van der Waals surface area contributed by atoms with Crippen molar-refractivity contribution in [3.05, 3.63) is 51.7 Å². The summed E-state index contributed by atoms with van der Waals surface area (Å²) in [5, 5.41) is 0. The van der Waals surface area contributed by atoms with Crippen LogP contribution in [0.15, 0.2) is 36.4 Å². The quantitative estimate of drug-likeness (QED) is 0.897. The number of thiophene rings is 1. The van der Waals surface area contributed by atoms with Crippen molar-refractivity contribution >= 4 is 11.3 Å². The van der Waals surface area contributed by atoms with Crippen molar-refractivity contribution in [2.45, 2.75) is 19.9 Å². The molecule has 1 aromatic heterocycles. The first-order valence-electron chi connectivity index (χ1n) is 5.75. The first-order chi connectivity index (χ1) is 8.20. The van der Waals surface area contributed by atoms with Gasteiger partial charge in [0.1, 0.15) is 5.75 Å². The number of aryl methyl sites for hydroxylation is 1. The number of nitrogens with two attached hydrogens (primary N) is 1. The van der Waals surface area contributed by atoms with E-state index in [2.05, 4.69) is 19.1 Å². The van der Waals surface area contributed by atoms with E-state index in [1.54, 1.807) is 11.3 Å². The summed E-state index contributed by atoms with van der Waals surface area (Å²) in [5.74, 6) is 0.894. The zero-order chi connectivity index (χ0) is 12.3. The Bertz CT molecular complexity index is 475. The Morgan fingerprint density at radius 1 is 1.18 bits per heavy atom. The van der Waals surface area contributed by atoms with Gasteiger partial charge in [-0.05, 0) is 43.7 Å². The van der Waals surface area contributed by atoms with Crippen LogP contribution in [-0.4, -0.2) is 6.61 Å². The second kappa shape index (κ2) is 5.34. The number of hydrogen-bond acceptors (Lipinski definition) is 3. The molecule has 1 unspecified atom stereocenters. The van der Waals surface area contributed by atoms with Gasteiger partial charge in [-0.25, -0.2) is 0 Å². The molecule has 90 valence electrons. The van der Waals surface area contributed by atoms with Gasteiger partial charge in [0, 0.05) is 9.75 Å². The maximum Gasteiger partial charge on any atom is 0.119 e. The standard InChI is InChI=1S/C14H17NOS/c1-3-16-12-7-5-11(6-8-12)14(15)13-9-4-10(2)17-13/h4-9,14H,3,15H2,1-2H3. The van der Waals surface area contributed by atoms with E-state index in [9.17, 15) is 0 Å². The highest BCUT2D eigenvalue weighted by atomic mass is 32.1. The summed E-state index contributed by atoms with van der Waals surface area (Å²) in [4.78, 5) is 2.49. The Morgan fingerprint density at radius 2 is 1.88 bits per heavy atom. The molecule has 2 aromatic rings. The lowest BCUT2D eigenvalue weighted by Crippen LogP contribution is -2.09. The van der Waals surface area contributed by atoms with Crippen molar-refractivity contribution in [3.63, 3.8) is 0 Å². The Kier molecular flexibility index (Phi) is 3.82. The van der Waals surface area contributed by atoms with Gasteiger partial charge in [0.25, 0.3) is 0 Å². The zero-order valence-corrected chi connectivity index (χ0v) is 11.0. The SMILES string of the molecule is CCOc1ccc(C(N)c2ccc(C)s2)cc1. The van der Waals surface area contributed by atoms with E-state index in [4.69, 9.17) is 10.5 Å². The highest BCUT2D eigenvalue weighted by molar-refractivity contribution is 7.12. The van der Waals surface area contributed by atoms with Crippen LogP contribution in [0.25, 0.3) is 0 Å². The predicted octanol–water partition coefficient (Wildman–Crippen LogP) is 3.50. The van der Waals surface area contributed by atoms with Crippen LogP contribution in [0.1, 0.15) is 28.3 Å². The van der Waals surface area contributed by atoms with Crippen LogP contribution >= 0.6 is 11.3 Å². The van der Waals surface area contributed by atoms with Crippen LogP contribution in [0.4, 0.5) is 0 Å². The molecule has 0 fully saturated rings. The first-order valence-corrected chi connectivity index (χ1v) is 6.57. The largest absolute Gasteiger partial charge is 0.494 e. The summed E-state index contributed by atoms with van der Waals surface area (Å²) in [6.45, 7) is 4.77. The molecule has 0 aliphatic rings. The second-order valence-corrected chi connectivity index (χ2v) is 5.25. The Labute approximate surface area is 106 Å². The van der Waals surface area contributed by atoms with Gasteiger partial charge in [-0.2, -0.15) is 0 Å². The molecule has 3 heteroatoms. The molecule has 0 bridgehead atoms. The van der Waals surface area contributed by atoms with E-state index >= 15 is 0 Å². The summed E-state index contributed by atoms with van der Waals surface area (Å²) in [6.07, 6.45) is 0. The summed E-state index contributed by atoms with van der Waals surface area (Å²) in [6, 6.07) is 12.2. The summed E-state index contributed by atoms with van der Waals surface area (Å²) in [5.41, 5.74) is 7.34. The van der Waals surface area contributed by atoms with Crippen molar-refractivity contribution in [3.8, 4) is 5.75 Å². The number of rotatable bonds is 4. The smallest absolute Gasteiger partial charge is 0.119 e. The van der Waals surface area contributed by atoms with Crippen LogP contribution in [0.5, 0.6) is 5.75 Å². The van der Waals surface area contributed by atoms with Crippen molar-refractivity contribution in [1.82, 2.24) is 0 Å². The minimum Gasteiger partial charge on any atom is -0.494 e. The third kappa shape index (κ3) is 2.87. The molecule has 0 saturated carbocycles. The Balaban J connectivity index is 2.16. The summed E-state index contributed by atoms with van der Waals surface area (Å²) in [7, 11) is 0. The van der Waals surface area contributed by atoms with Crippen LogP contribution in [-0.2, 0) is 0 Å². The lowest BCUT2D eigenvalue weighted by Gasteiger charge is -2.11. The van der Waals surface area contributed by atoms with Crippen molar-refractivity contribution in [2.24, 2.45) is 5.73 Å². The van der Waals surface area contributed by atoms with E-state index in [0.717, 1.165) is 11.3 Å². The molecule has 1 atom stereocenters. The van der Waals surface area contributed by atoms with Gasteiger partial charge in [-0.15, -0.1) is 11.3 Å². The van der Waals surface area contributed by atoms with Crippen LogP contribution in [0, 0.1) is 6.92 Å². The summed E-state index contributed by atoms with van der Waals surface area (Å²) < 4.78 is 5.41. The molecule has 2 N–H and O–H groups in total. The highest BCUT2D eigenvalue weighted by Gasteiger charge is 2.10. The maximum absolute atomic E-state index is 6.22. The fourth-order valence-electron chi connectivity index (χ4n) is 1.72. The molecule has 0 amide bonds. The third-order valence-corrected chi connectivity index (χ3v) is 3.70. The predicted molar refractivity (Wildman–Crippen MR) is 72.7 cm³/mol. The molecule has 0 saturated heterocycles. The van der Waals surface area contributed by atoms with E-state index < -0.39 is 0 Å². The molecule has 2 nitrogen and oxygen atoms in total. The highest BCUT2D eigenvalue weighted by Crippen LogP contribution is 2.27. The molecule has 1 aromatic carbocycles. The Morgan fingerprint density at radius 3 is 2.41 bits per heavy atom. The molecule has 0 aliphatic heterocycles. The van der Waals surface area contributed by atoms with Crippen LogP contribution < -0.4 is 10.5 Å². The first kappa shape index (κ1) is 12.1. The molecule has 1 heterocycles. The average Bonchev–Trinajstić information content (AvgIpc) is 2.76. The molecular formula is C14H17NOS. The van der Waals surface area contributed by atoms with Gasteiger partial charge in [-0.3, -0.25) is 0 Å². The van der Waals surface area contributed by atoms with Gasteiger partial charge < -0.3 is 10.5 Å². The van der Waals surface area contributed by atoms with Crippen molar-refractivity contribution < 1.29 is 4.74 Å². The Hall–Kier alpha value is -1.32. The van der Waals surface area contributed by atoms with Crippen molar-refractivity contribution in [1.29, 1.82) is 0 Å². The summed E-state index contributed by atoms with van der Waals surface area (Å²) >= 11 is 1.75. The van der Waals surface area contributed by atoms with E-state index in [0.29, 0.717) is 6.61 Å². The van der Waals surface area contributed by atoms with Gasteiger partial charge in [0.2, 0.25) is 0 Å². The van der Waals surface area contributed by atoms with E-state index in [-0.39, 0.29) is 6.04 Å². The monoisotopic (exact) mass is 247 g/mol. The van der Waals surface area contributed by atoms with Crippen LogP contribution in [0.3, 0.4) is 0 Å². The molecule has 0 aliphatic carbocycles. The number of hydrogen-bond donors (Lipinski definition) is 1. The fourth-order valence-corrected chi connectivity index (χ4v) is 2.63. The molecule has 17 heavy (non-hydrogen) atoms. The second-order valence-electron chi connectivity index (χ2n) is 3.93. The molecular weight excluding hydrogens is 230 g/mol. The number of ether oxygens (including phenoxy) is 1. The van der Waals surface area contributed by atoms with Crippen molar-refractivity contribution in [2.75, 3.05) is 6.61 Å². The topological polar surface area (TPSA) is 35.2 Å². The van der Waals surface area contributed by atoms with Gasteiger partial charge in [0.15, 0.2) is 0 Å². The molecule has 2 rings (SSSR count). The van der Waals surface area contributed by atoms with E-state index in [1.807, 2.05) is 31.2 Å². The molecule has 0 radical (unpaired) electrons. The lowest BCUT2D eigenvalue weighted by molar-refractivity contribution is 0.340. The number of benzene rings is 1. The van der Waals surface area contributed by atoms with Gasteiger partial charge in [-0.1, -0.05) is 12.1 Å². The zero-order valence-electron chi connectivity index (χ0n) is 10.1.